The smallest absolute Gasteiger partial charge is 0.356 e. The summed E-state index contributed by atoms with van der Waals surface area (Å²) in [5.41, 5.74) is 3.53. The summed E-state index contributed by atoms with van der Waals surface area (Å²) in [5, 5.41) is 3.28. The average Bonchev–Trinajstić information content (AvgIpc) is 3.19. The maximum absolute atomic E-state index is 13.8. The van der Waals surface area contributed by atoms with Crippen molar-refractivity contribution in [3.8, 4) is 0 Å². The van der Waals surface area contributed by atoms with Crippen LogP contribution in [0.5, 0.6) is 0 Å². The molecular weight excluding hydrogens is 441 g/mol. The molecule has 0 radical (unpaired) electrons. The minimum absolute atomic E-state index is 0.0720. The van der Waals surface area contributed by atoms with Crippen LogP contribution in [-0.2, 0) is 25.6 Å². The monoisotopic (exact) mass is 469 g/mol. The lowest BCUT2D eigenvalue weighted by molar-refractivity contribution is -0.146. The minimum atomic E-state index is -1.05. The van der Waals surface area contributed by atoms with E-state index in [1.54, 1.807) is 63.4 Å². The molecule has 0 saturated carbocycles. The minimum Gasteiger partial charge on any atom is -0.467 e. The largest absolute Gasteiger partial charge is 0.467 e. The Hall–Kier alpha value is -3.72. The van der Waals surface area contributed by atoms with Crippen molar-refractivity contribution < 1.29 is 28.3 Å². The molecule has 0 fully saturated rings. The Balaban J connectivity index is 1.76. The topological polar surface area (TPSA) is 110 Å². The molecular formula is C25H28FN3O5. The second-order valence-electron chi connectivity index (χ2n) is 8.96. The number of ether oxygens (including phenoxy) is 1. The standard InChI is InChI=1S/C25H28FN3O5/c1-25(2,3)21(29-34-23(31)15-8-6-5-7-9-15)22(30)28-20(24(32)33-4)12-16-14-27-19-11-10-17(26)13-18(16)19/h5-11,13-14,20-21,27,29H,12H2,1-4H3,(H,28,30)/t20?,21-/m1/s1. The zero-order chi connectivity index (χ0) is 24.9. The van der Waals surface area contributed by atoms with Gasteiger partial charge in [0, 0.05) is 23.5 Å². The molecule has 0 aliphatic carbocycles. The number of halogens is 1. The van der Waals surface area contributed by atoms with Gasteiger partial charge in [0.25, 0.3) is 0 Å². The molecule has 3 rings (SSSR count). The van der Waals surface area contributed by atoms with Gasteiger partial charge < -0.3 is 19.9 Å². The van der Waals surface area contributed by atoms with Gasteiger partial charge in [0.15, 0.2) is 0 Å². The molecule has 34 heavy (non-hydrogen) atoms. The third-order valence-electron chi connectivity index (χ3n) is 5.36. The van der Waals surface area contributed by atoms with E-state index in [9.17, 15) is 18.8 Å². The first-order chi connectivity index (χ1) is 16.1. The second kappa shape index (κ2) is 10.5. The molecule has 2 atom stereocenters. The molecule has 3 N–H and O–H groups in total. The van der Waals surface area contributed by atoms with Crippen LogP contribution in [-0.4, -0.2) is 42.0 Å². The fourth-order valence-electron chi connectivity index (χ4n) is 3.50. The fraction of sp³-hybridized carbons (Fsp3) is 0.320. The van der Waals surface area contributed by atoms with Gasteiger partial charge in [-0.05, 0) is 41.3 Å². The molecule has 180 valence electrons. The van der Waals surface area contributed by atoms with Crippen molar-refractivity contribution in [1.82, 2.24) is 15.8 Å². The quantitative estimate of drug-likeness (QED) is 0.345. The van der Waals surface area contributed by atoms with Gasteiger partial charge >= 0.3 is 11.9 Å². The van der Waals surface area contributed by atoms with Crippen molar-refractivity contribution in [2.24, 2.45) is 5.41 Å². The van der Waals surface area contributed by atoms with Gasteiger partial charge in [0.1, 0.15) is 17.9 Å². The van der Waals surface area contributed by atoms with Gasteiger partial charge in [-0.2, -0.15) is 0 Å². The number of methoxy groups -OCH3 is 1. The number of esters is 1. The van der Waals surface area contributed by atoms with E-state index in [0.717, 1.165) is 0 Å². The highest BCUT2D eigenvalue weighted by molar-refractivity contribution is 5.91. The number of aromatic amines is 1. The molecule has 0 spiro atoms. The highest BCUT2D eigenvalue weighted by atomic mass is 19.1. The number of benzene rings is 2. The van der Waals surface area contributed by atoms with Crippen LogP contribution >= 0.6 is 0 Å². The second-order valence-corrected chi connectivity index (χ2v) is 8.96. The number of aromatic nitrogens is 1. The first kappa shape index (κ1) is 24.9. The van der Waals surface area contributed by atoms with Crippen LogP contribution in [0.3, 0.4) is 0 Å². The Morgan fingerprint density at radius 2 is 1.79 bits per heavy atom. The molecule has 1 heterocycles. The number of rotatable bonds is 8. The molecule has 1 aromatic heterocycles. The number of carbonyl (C=O) groups is 3. The maximum Gasteiger partial charge on any atom is 0.356 e. The Morgan fingerprint density at radius 3 is 2.44 bits per heavy atom. The molecule has 9 heteroatoms. The predicted molar refractivity (Wildman–Crippen MR) is 124 cm³/mol. The summed E-state index contributed by atoms with van der Waals surface area (Å²) in [7, 11) is 1.22. The van der Waals surface area contributed by atoms with Crippen LogP contribution in [0, 0.1) is 11.2 Å². The zero-order valence-electron chi connectivity index (χ0n) is 19.5. The molecule has 1 unspecified atom stereocenters. The number of hydroxylamine groups is 1. The number of H-pyrrole nitrogens is 1. The number of fused-ring (bicyclic) bond motifs is 1. The first-order valence-electron chi connectivity index (χ1n) is 10.8. The van der Waals surface area contributed by atoms with Crippen LogP contribution in [0.15, 0.2) is 54.7 Å². The summed E-state index contributed by atoms with van der Waals surface area (Å²) in [6, 6.07) is 10.6. The van der Waals surface area contributed by atoms with E-state index in [-0.39, 0.29) is 6.42 Å². The van der Waals surface area contributed by atoms with Gasteiger partial charge in [0.2, 0.25) is 5.91 Å². The Kier molecular flexibility index (Phi) is 7.68. The Bertz CT molecular complexity index is 1170. The van der Waals surface area contributed by atoms with Crippen molar-refractivity contribution in [2.75, 3.05) is 7.11 Å². The normalized spacial score (nSPS) is 13.2. The molecule has 0 saturated heterocycles. The molecule has 0 aliphatic heterocycles. The van der Waals surface area contributed by atoms with E-state index in [2.05, 4.69) is 15.8 Å². The first-order valence-corrected chi connectivity index (χ1v) is 10.8. The molecule has 0 aliphatic rings. The summed E-state index contributed by atoms with van der Waals surface area (Å²) in [6.45, 7) is 5.36. The van der Waals surface area contributed by atoms with E-state index >= 15 is 0 Å². The van der Waals surface area contributed by atoms with Crippen molar-refractivity contribution >= 4 is 28.7 Å². The van der Waals surface area contributed by atoms with Gasteiger partial charge in [-0.15, -0.1) is 5.48 Å². The maximum atomic E-state index is 13.8. The van der Waals surface area contributed by atoms with Crippen LogP contribution in [0.4, 0.5) is 4.39 Å². The van der Waals surface area contributed by atoms with Gasteiger partial charge in [-0.25, -0.2) is 14.0 Å². The van der Waals surface area contributed by atoms with E-state index in [1.807, 2.05) is 0 Å². The SMILES string of the molecule is COC(=O)C(Cc1c[nH]c2ccc(F)cc12)NC(=O)[C@@H](NOC(=O)c1ccccc1)C(C)(C)C. The van der Waals surface area contributed by atoms with Crippen LogP contribution < -0.4 is 10.8 Å². The lowest BCUT2D eigenvalue weighted by Crippen LogP contribution is -2.56. The zero-order valence-corrected chi connectivity index (χ0v) is 19.5. The molecule has 3 aromatic rings. The summed E-state index contributed by atoms with van der Waals surface area (Å²) < 4.78 is 18.6. The third kappa shape index (κ3) is 5.99. The van der Waals surface area contributed by atoms with Crippen molar-refractivity contribution in [3.05, 3.63) is 71.7 Å². The van der Waals surface area contributed by atoms with E-state index in [1.165, 1.54) is 19.2 Å². The summed E-state index contributed by atoms with van der Waals surface area (Å²) in [5.74, 6) is -2.28. The number of hydrogen-bond acceptors (Lipinski definition) is 6. The predicted octanol–water partition coefficient (Wildman–Crippen LogP) is 3.28. The number of hydrogen-bond donors (Lipinski definition) is 3. The third-order valence-corrected chi connectivity index (χ3v) is 5.36. The highest BCUT2D eigenvalue weighted by Crippen LogP contribution is 2.23. The Labute approximate surface area is 196 Å². The Morgan fingerprint density at radius 1 is 1.09 bits per heavy atom. The van der Waals surface area contributed by atoms with E-state index in [4.69, 9.17) is 9.57 Å². The lowest BCUT2D eigenvalue weighted by atomic mass is 9.86. The van der Waals surface area contributed by atoms with E-state index < -0.39 is 41.2 Å². The average molecular weight is 470 g/mol. The summed E-state index contributed by atoms with van der Waals surface area (Å²) in [6.07, 6.45) is 1.73. The molecule has 8 nitrogen and oxygen atoms in total. The summed E-state index contributed by atoms with van der Waals surface area (Å²) in [4.78, 5) is 46.2. The van der Waals surface area contributed by atoms with Crippen LogP contribution in [0.2, 0.25) is 0 Å². The molecule has 0 bridgehead atoms. The molecule has 2 aromatic carbocycles. The number of carbonyl (C=O) groups excluding carboxylic acids is 3. The van der Waals surface area contributed by atoms with Gasteiger partial charge in [0.05, 0.1) is 12.7 Å². The number of amides is 1. The van der Waals surface area contributed by atoms with Gasteiger partial charge in [-0.1, -0.05) is 39.0 Å². The highest BCUT2D eigenvalue weighted by Gasteiger charge is 2.35. The van der Waals surface area contributed by atoms with Gasteiger partial charge in [-0.3, -0.25) is 4.79 Å². The number of nitrogens with one attached hydrogen (secondary N) is 3. The van der Waals surface area contributed by atoms with Crippen molar-refractivity contribution in [1.29, 1.82) is 0 Å². The van der Waals surface area contributed by atoms with Crippen LogP contribution in [0.1, 0.15) is 36.7 Å². The lowest BCUT2D eigenvalue weighted by Gasteiger charge is -2.30. The van der Waals surface area contributed by atoms with Crippen molar-refractivity contribution in [2.45, 2.75) is 39.3 Å². The molecule has 1 amide bonds. The fourth-order valence-corrected chi connectivity index (χ4v) is 3.50. The summed E-state index contributed by atoms with van der Waals surface area (Å²) >= 11 is 0. The van der Waals surface area contributed by atoms with E-state index in [0.29, 0.717) is 22.0 Å². The van der Waals surface area contributed by atoms with Crippen LogP contribution in [0.25, 0.3) is 10.9 Å². The van der Waals surface area contributed by atoms with Crippen molar-refractivity contribution in [3.63, 3.8) is 0 Å².